The highest BCUT2D eigenvalue weighted by Gasteiger charge is 2.45. The van der Waals surface area contributed by atoms with E-state index in [1.165, 1.54) is 6.07 Å². The van der Waals surface area contributed by atoms with Gasteiger partial charge in [0.25, 0.3) is 5.56 Å². The molecule has 0 radical (unpaired) electrons. The van der Waals surface area contributed by atoms with Crippen LogP contribution in [0.3, 0.4) is 0 Å². The number of hydrogen-bond acceptors (Lipinski definition) is 6. The summed E-state index contributed by atoms with van der Waals surface area (Å²) in [5, 5.41) is 11.8. The molecule has 3 aromatic rings. The molecule has 4 heterocycles. The molecule has 0 bridgehead atoms. The van der Waals surface area contributed by atoms with Gasteiger partial charge in [-0.1, -0.05) is 25.7 Å². The van der Waals surface area contributed by atoms with Crippen molar-refractivity contribution < 1.29 is 23.8 Å². The number of carbonyl (C=O) groups is 1. The van der Waals surface area contributed by atoms with E-state index in [2.05, 4.69) is 11.8 Å². The first kappa shape index (κ1) is 24.2. The molecule has 2 aliphatic heterocycles. The number of nitrogens with zero attached hydrogens (tertiary/aromatic N) is 2. The maximum Gasteiger partial charge on any atom is 0.343 e. The van der Waals surface area contributed by atoms with Crippen LogP contribution in [0.15, 0.2) is 23.0 Å². The summed E-state index contributed by atoms with van der Waals surface area (Å²) < 4.78 is 26.7. The zero-order valence-electron chi connectivity index (χ0n) is 20.5. The molecule has 1 N–H and O–H groups in total. The SMILES string of the molecule is CCCOCCC#Cc1c2c(nc3cc(F)c(C)cc13)-c1cc3c(c(=O)n1C2)COC(=O)[C@]3(O)CC. The van der Waals surface area contributed by atoms with Gasteiger partial charge in [-0.2, -0.15) is 0 Å². The number of pyridine rings is 2. The van der Waals surface area contributed by atoms with Crippen LogP contribution in [-0.2, 0) is 33.0 Å². The lowest BCUT2D eigenvalue weighted by molar-refractivity contribution is -0.172. The van der Waals surface area contributed by atoms with E-state index in [0.717, 1.165) is 12.0 Å². The Hall–Kier alpha value is -3.54. The number of ether oxygens (including phenoxy) is 2. The number of rotatable bonds is 5. The van der Waals surface area contributed by atoms with Gasteiger partial charge in [-0.05, 0) is 37.5 Å². The second-order valence-electron chi connectivity index (χ2n) is 9.20. The van der Waals surface area contributed by atoms with Crippen molar-refractivity contribution in [1.82, 2.24) is 9.55 Å². The molecule has 0 unspecified atom stereocenters. The molecule has 7 nitrogen and oxygen atoms in total. The monoisotopic (exact) mass is 490 g/mol. The zero-order valence-corrected chi connectivity index (χ0v) is 20.5. The second-order valence-corrected chi connectivity index (χ2v) is 9.20. The summed E-state index contributed by atoms with van der Waals surface area (Å²) in [6, 6.07) is 4.75. The lowest BCUT2D eigenvalue weighted by Crippen LogP contribution is -2.44. The van der Waals surface area contributed by atoms with Crippen LogP contribution in [0.5, 0.6) is 0 Å². The van der Waals surface area contributed by atoms with Crippen molar-refractivity contribution >= 4 is 16.9 Å². The highest BCUT2D eigenvalue weighted by Crippen LogP contribution is 2.40. The molecule has 0 spiro atoms. The zero-order chi connectivity index (χ0) is 25.6. The fourth-order valence-electron chi connectivity index (χ4n) is 4.87. The third-order valence-corrected chi connectivity index (χ3v) is 6.90. The summed E-state index contributed by atoms with van der Waals surface area (Å²) in [4.78, 5) is 30.6. The van der Waals surface area contributed by atoms with E-state index in [9.17, 15) is 19.1 Å². The molecule has 0 amide bonds. The highest BCUT2D eigenvalue weighted by molar-refractivity contribution is 5.92. The number of fused-ring (bicyclic) bond motifs is 5. The van der Waals surface area contributed by atoms with Gasteiger partial charge in [-0.25, -0.2) is 14.2 Å². The summed E-state index contributed by atoms with van der Waals surface area (Å²) in [5.41, 5.74) is 1.53. The van der Waals surface area contributed by atoms with Crippen LogP contribution in [0.1, 0.15) is 60.9 Å². The van der Waals surface area contributed by atoms with Gasteiger partial charge in [-0.3, -0.25) is 4.79 Å². The molecule has 0 fully saturated rings. The Morgan fingerprint density at radius 3 is 2.78 bits per heavy atom. The predicted octanol–water partition coefficient (Wildman–Crippen LogP) is 3.70. The first-order valence-electron chi connectivity index (χ1n) is 12.2. The Kier molecular flexibility index (Phi) is 6.15. The van der Waals surface area contributed by atoms with Gasteiger partial charge in [0, 0.05) is 41.2 Å². The molecule has 5 rings (SSSR count). The van der Waals surface area contributed by atoms with Gasteiger partial charge in [0.15, 0.2) is 5.60 Å². The molecule has 2 aliphatic rings. The standard InChI is InChI=1S/C28H27FN2O5/c1-4-9-35-10-7-6-8-17-18-11-16(3)22(29)13-23(18)30-25-19(17)14-31-24(25)12-21-20(26(31)32)15-36-27(33)28(21,34)5-2/h11-13,34H,4-5,7,9-10,14-15H2,1-3H3/t28-/m0/s1. The van der Waals surface area contributed by atoms with Crippen LogP contribution in [0.2, 0.25) is 0 Å². The number of carbonyl (C=O) groups excluding carboxylic acids is 1. The lowest BCUT2D eigenvalue weighted by Gasteiger charge is -2.31. The number of hydrogen-bond donors (Lipinski definition) is 1. The Labute approximate surface area is 207 Å². The second kappa shape index (κ2) is 9.16. The Morgan fingerprint density at radius 2 is 2.03 bits per heavy atom. The number of cyclic esters (lactones) is 1. The Morgan fingerprint density at radius 1 is 1.22 bits per heavy atom. The van der Waals surface area contributed by atoms with Crippen molar-refractivity contribution in [2.24, 2.45) is 0 Å². The van der Waals surface area contributed by atoms with E-state index >= 15 is 0 Å². The number of aliphatic hydroxyl groups is 1. The third-order valence-electron chi connectivity index (χ3n) is 6.90. The Balaban J connectivity index is 1.71. The normalized spacial score (nSPS) is 17.8. The fourth-order valence-corrected chi connectivity index (χ4v) is 4.87. The van der Waals surface area contributed by atoms with Crippen LogP contribution in [0, 0.1) is 24.6 Å². The lowest BCUT2D eigenvalue weighted by atomic mass is 9.86. The number of esters is 1. The largest absolute Gasteiger partial charge is 0.458 e. The summed E-state index contributed by atoms with van der Waals surface area (Å²) in [7, 11) is 0. The average molecular weight is 491 g/mol. The van der Waals surface area contributed by atoms with E-state index in [0.29, 0.717) is 53.1 Å². The van der Waals surface area contributed by atoms with Gasteiger partial charge in [0.05, 0.1) is 35.6 Å². The Bertz CT molecular complexity index is 1530. The first-order valence-corrected chi connectivity index (χ1v) is 12.2. The number of aromatic nitrogens is 2. The molecular weight excluding hydrogens is 463 g/mol. The summed E-state index contributed by atoms with van der Waals surface area (Å²) >= 11 is 0. The van der Waals surface area contributed by atoms with Crippen molar-refractivity contribution in [2.75, 3.05) is 13.2 Å². The van der Waals surface area contributed by atoms with Crippen molar-refractivity contribution in [3.8, 4) is 23.2 Å². The van der Waals surface area contributed by atoms with Crippen LogP contribution < -0.4 is 5.56 Å². The molecule has 2 aromatic heterocycles. The number of aryl methyl sites for hydroxylation is 1. The molecular formula is C28H27FN2O5. The topological polar surface area (TPSA) is 90.6 Å². The van der Waals surface area contributed by atoms with Gasteiger partial charge < -0.3 is 19.1 Å². The summed E-state index contributed by atoms with van der Waals surface area (Å²) in [6.07, 6.45) is 1.52. The molecule has 8 heteroatoms. The van der Waals surface area contributed by atoms with Crippen LogP contribution in [-0.4, -0.2) is 33.8 Å². The molecule has 0 saturated carbocycles. The van der Waals surface area contributed by atoms with Crippen molar-refractivity contribution in [3.63, 3.8) is 0 Å². The van der Waals surface area contributed by atoms with E-state index < -0.39 is 11.6 Å². The van der Waals surface area contributed by atoms with Crippen LogP contribution in [0.4, 0.5) is 4.39 Å². The minimum absolute atomic E-state index is 0.0566. The average Bonchev–Trinajstić information content (AvgIpc) is 3.23. The van der Waals surface area contributed by atoms with Crippen molar-refractivity contribution in [2.45, 2.75) is 58.8 Å². The van der Waals surface area contributed by atoms with Gasteiger partial charge in [0.2, 0.25) is 0 Å². The molecule has 36 heavy (non-hydrogen) atoms. The summed E-state index contributed by atoms with van der Waals surface area (Å²) in [6.45, 7) is 6.60. The van der Waals surface area contributed by atoms with Crippen molar-refractivity contribution in [3.05, 3.63) is 62.2 Å². The maximum atomic E-state index is 14.5. The van der Waals surface area contributed by atoms with Crippen molar-refractivity contribution in [1.29, 1.82) is 0 Å². The minimum atomic E-state index is -1.91. The fraction of sp³-hybridized carbons (Fsp3) is 0.393. The van der Waals surface area contributed by atoms with Gasteiger partial charge in [-0.15, -0.1) is 0 Å². The summed E-state index contributed by atoms with van der Waals surface area (Å²) in [5.74, 6) is 5.23. The number of benzene rings is 1. The minimum Gasteiger partial charge on any atom is -0.458 e. The smallest absolute Gasteiger partial charge is 0.343 e. The third kappa shape index (κ3) is 3.71. The van der Waals surface area contributed by atoms with E-state index in [-0.39, 0.29) is 42.1 Å². The predicted molar refractivity (Wildman–Crippen MR) is 132 cm³/mol. The molecule has 0 saturated heterocycles. The molecule has 186 valence electrons. The highest BCUT2D eigenvalue weighted by atomic mass is 19.1. The van der Waals surface area contributed by atoms with E-state index in [1.54, 1.807) is 30.5 Å². The molecule has 0 aliphatic carbocycles. The van der Waals surface area contributed by atoms with Crippen LogP contribution in [0.25, 0.3) is 22.3 Å². The van der Waals surface area contributed by atoms with Crippen LogP contribution >= 0.6 is 0 Å². The van der Waals surface area contributed by atoms with E-state index in [4.69, 9.17) is 14.5 Å². The maximum absolute atomic E-state index is 14.5. The van der Waals surface area contributed by atoms with Gasteiger partial charge in [0.1, 0.15) is 12.4 Å². The number of halogens is 1. The molecule has 1 atom stereocenters. The quantitative estimate of drug-likeness (QED) is 0.261. The first-order chi connectivity index (χ1) is 17.3. The van der Waals surface area contributed by atoms with Gasteiger partial charge >= 0.3 is 5.97 Å². The molecule has 1 aromatic carbocycles. The van der Waals surface area contributed by atoms with E-state index in [1.807, 2.05) is 6.92 Å².